The first-order valence-electron chi connectivity index (χ1n) is 5.21. The molecule has 6 heteroatoms. The van der Waals surface area contributed by atoms with Crippen molar-refractivity contribution in [1.82, 2.24) is 15.1 Å². The number of carbonyl (C=O) groups is 2. The number of hydrogen-bond acceptors (Lipinski definition) is 3. The monoisotopic (exact) mass is 223 g/mol. The average molecular weight is 223 g/mol. The van der Waals surface area contributed by atoms with Crippen molar-refractivity contribution in [2.75, 3.05) is 0 Å². The van der Waals surface area contributed by atoms with E-state index >= 15 is 0 Å². The van der Waals surface area contributed by atoms with Gasteiger partial charge in [-0.2, -0.15) is 5.10 Å². The van der Waals surface area contributed by atoms with Gasteiger partial charge in [0.2, 0.25) is 5.91 Å². The van der Waals surface area contributed by atoms with E-state index < -0.39 is 5.97 Å². The third-order valence-corrected chi connectivity index (χ3v) is 2.37. The maximum absolute atomic E-state index is 11.3. The maximum atomic E-state index is 11.3. The van der Waals surface area contributed by atoms with Gasteiger partial charge in [0, 0.05) is 25.2 Å². The number of carboxylic acid groups (broad SMARTS) is 1. The molecule has 16 heavy (non-hydrogen) atoms. The topological polar surface area (TPSA) is 84.2 Å². The van der Waals surface area contributed by atoms with Gasteiger partial charge in [-0.05, 0) is 18.9 Å². The number of amides is 1. The Bertz CT molecular complexity index is 409. The number of aromatic nitrogens is 2. The maximum Gasteiger partial charge on any atom is 0.356 e. The molecule has 0 bridgehead atoms. The summed E-state index contributed by atoms with van der Waals surface area (Å²) in [6, 6.07) is 1.78. The number of carbonyl (C=O) groups excluding carboxylic acids is 1. The van der Waals surface area contributed by atoms with Crippen molar-refractivity contribution in [1.29, 1.82) is 0 Å². The molecule has 1 aliphatic carbocycles. The Kier molecular flexibility index (Phi) is 2.89. The SMILES string of the molecule is O=C(CCn1ccc(C(=O)O)n1)NC1CC1. The molecule has 0 saturated heterocycles. The summed E-state index contributed by atoms with van der Waals surface area (Å²) in [5.41, 5.74) is 0.00241. The summed E-state index contributed by atoms with van der Waals surface area (Å²) in [7, 11) is 0. The number of nitrogens with zero attached hydrogens (tertiary/aromatic N) is 2. The van der Waals surface area contributed by atoms with E-state index in [0.29, 0.717) is 19.0 Å². The van der Waals surface area contributed by atoms with Crippen LogP contribution in [0, 0.1) is 0 Å². The minimum absolute atomic E-state index is 0.00241. The Morgan fingerprint density at radius 2 is 2.31 bits per heavy atom. The van der Waals surface area contributed by atoms with E-state index in [1.807, 2.05) is 0 Å². The summed E-state index contributed by atoms with van der Waals surface area (Å²) in [5.74, 6) is -1.06. The van der Waals surface area contributed by atoms with Gasteiger partial charge in [-0.15, -0.1) is 0 Å². The number of aromatic carboxylic acids is 1. The molecular formula is C10H13N3O3. The molecule has 1 fully saturated rings. The Morgan fingerprint density at radius 1 is 1.56 bits per heavy atom. The summed E-state index contributed by atoms with van der Waals surface area (Å²) in [5, 5.41) is 15.3. The fourth-order valence-corrected chi connectivity index (χ4v) is 1.34. The molecule has 86 valence electrons. The van der Waals surface area contributed by atoms with Crippen molar-refractivity contribution < 1.29 is 14.7 Å². The Hall–Kier alpha value is -1.85. The van der Waals surface area contributed by atoms with Crippen LogP contribution in [0.25, 0.3) is 0 Å². The van der Waals surface area contributed by atoms with Crippen molar-refractivity contribution in [2.24, 2.45) is 0 Å². The minimum Gasteiger partial charge on any atom is -0.476 e. The molecule has 1 heterocycles. The van der Waals surface area contributed by atoms with E-state index in [2.05, 4.69) is 10.4 Å². The molecule has 1 aromatic rings. The molecule has 0 spiro atoms. The van der Waals surface area contributed by atoms with Crippen molar-refractivity contribution in [3.63, 3.8) is 0 Å². The molecule has 1 aromatic heterocycles. The van der Waals surface area contributed by atoms with Gasteiger partial charge in [-0.1, -0.05) is 0 Å². The van der Waals surface area contributed by atoms with E-state index in [1.54, 1.807) is 6.20 Å². The predicted octanol–water partition coefficient (Wildman–Crippen LogP) is 0.250. The van der Waals surface area contributed by atoms with Gasteiger partial charge in [0.25, 0.3) is 0 Å². The zero-order chi connectivity index (χ0) is 11.5. The number of rotatable bonds is 5. The van der Waals surface area contributed by atoms with Crippen molar-refractivity contribution >= 4 is 11.9 Å². The van der Waals surface area contributed by atoms with E-state index in [-0.39, 0.29) is 11.6 Å². The second kappa shape index (κ2) is 4.34. The second-order valence-corrected chi connectivity index (χ2v) is 3.86. The Balaban J connectivity index is 1.79. The first-order valence-corrected chi connectivity index (χ1v) is 5.21. The lowest BCUT2D eigenvalue weighted by Gasteiger charge is -2.02. The lowest BCUT2D eigenvalue weighted by molar-refractivity contribution is -0.121. The van der Waals surface area contributed by atoms with Crippen LogP contribution in [0.4, 0.5) is 0 Å². The van der Waals surface area contributed by atoms with Crippen LogP contribution in [0.5, 0.6) is 0 Å². The average Bonchev–Trinajstić information content (AvgIpc) is 2.91. The van der Waals surface area contributed by atoms with Crippen LogP contribution in [0.2, 0.25) is 0 Å². The summed E-state index contributed by atoms with van der Waals surface area (Å²) >= 11 is 0. The van der Waals surface area contributed by atoms with Crippen LogP contribution >= 0.6 is 0 Å². The van der Waals surface area contributed by atoms with Crippen LogP contribution in [0.1, 0.15) is 29.8 Å². The number of hydrogen-bond donors (Lipinski definition) is 2. The van der Waals surface area contributed by atoms with Gasteiger partial charge in [-0.25, -0.2) is 4.79 Å². The highest BCUT2D eigenvalue weighted by molar-refractivity contribution is 5.85. The molecule has 0 atom stereocenters. The Labute approximate surface area is 92.3 Å². The highest BCUT2D eigenvalue weighted by atomic mass is 16.4. The fourth-order valence-electron chi connectivity index (χ4n) is 1.34. The van der Waals surface area contributed by atoms with Crippen molar-refractivity contribution in [3.8, 4) is 0 Å². The summed E-state index contributed by atoms with van der Waals surface area (Å²) in [6.45, 7) is 0.409. The van der Waals surface area contributed by atoms with E-state index in [0.717, 1.165) is 12.8 Å². The van der Waals surface area contributed by atoms with E-state index in [4.69, 9.17) is 5.11 Å². The number of aryl methyl sites for hydroxylation is 1. The van der Waals surface area contributed by atoms with Crippen LogP contribution in [0.15, 0.2) is 12.3 Å². The van der Waals surface area contributed by atoms with Gasteiger partial charge in [-0.3, -0.25) is 9.48 Å². The molecule has 0 unspecified atom stereocenters. The van der Waals surface area contributed by atoms with E-state index in [1.165, 1.54) is 10.7 Å². The van der Waals surface area contributed by atoms with Crippen molar-refractivity contribution in [2.45, 2.75) is 31.8 Å². The lowest BCUT2D eigenvalue weighted by atomic mass is 10.4. The smallest absolute Gasteiger partial charge is 0.356 e. The van der Waals surface area contributed by atoms with Gasteiger partial charge < -0.3 is 10.4 Å². The zero-order valence-electron chi connectivity index (χ0n) is 8.72. The second-order valence-electron chi connectivity index (χ2n) is 3.86. The first kappa shape index (κ1) is 10.7. The van der Waals surface area contributed by atoms with Gasteiger partial charge in [0.15, 0.2) is 5.69 Å². The van der Waals surface area contributed by atoms with Crippen LogP contribution in [-0.2, 0) is 11.3 Å². The molecule has 2 rings (SSSR count). The van der Waals surface area contributed by atoms with Crippen LogP contribution in [-0.4, -0.2) is 32.8 Å². The standard InChI is InChI=1S/C10H13N3O3/c14-9(11-7-1-2-7)4-6-13-5-3-8(12-13)10(15)16/h3,5,7H,1-2,4,6H2,(H,11,14)(H,15,16). The summed E-state index contributed by atoms with van der Waals surface area (Å²) < 4.78 is 1.47. The molecule has 0 radical (unpaired) electrons. The third kappa shape index (κ3) is 2.82. The van der Waals surface area contributed by atoms with Gasteiger partial charge in [0.1, 0.15) is 0 Å². The minimum atomic E-state index is -1.05. The molecular weight excluding hydrogens is 210 g/mol. The number of carboxylic acids is 1. The molecule has 0 aliphatic heterocycles. The van der Waals surface area contributed by atoms with Crippen LogP contribution in [0.3, 0.4) is 0 Å². The Morgan fingerprint density at radius 3 is 2.88 bits per heavy atom. The highest BCUT2D eigenvalue weighted by Crippen LogP contribution is 2.18. The largest absolute Gasteiger partial charge is 0.476 e. The molecule has 1 amide bonds. The normalized spacial score (nSPS) is 14.8. The fraction of sp³-hybridized carbons (Fsp3) is 0.500. The van der Waals surface area contributed by atoms with Gasteiger partial charge >= 0.3 is 5.97 Å². The quantitative estimate of drug-likeness (QED) is 0.749. The molecule has 0 aromatic carbocycles. The van der Waals surface area contributed by atoms with Gasteiger partial charge in [0.05, 0.1) is 0 Å². The summed E-state index contributed by atoms with van der Waals surface area (Å²) in [6.07, 6.45) is 4.03. The summed E-state index contributed by atoms with van der Waals surface area (Å²) in [4.78, 5) is 21.9. The predicted molar refractivity (Wildman–Crippen MR) is 55.0 cm³/mol. The molecule has 6 nitrogen and oxygen atoms in total. The lowest BCUT2D eigenvalue weighted by Crippen LogP contribution is -2.26. The number of nitrogens with one attached hydrogen (secondary N) is 1. The molecule has 1 saturated carbocycles. The third-order valence-electron chi connectivity index (χ3n) is 2.37. The molecule has 1 aliphatic rings. The van der Waals surface area contributed by atoms with E-state index in [9.17, 15) is 9.59 Å². The van der Waals surface area contributed by atoms with Crippen LogP contribution < -0.4 is 5.32 Å². The molecule has 2 N–H and O–H groups in total. The first-order chi connectivity index (χ1) is 7.65. The van der Waals surface area contributed by atoms with Crippen molar-refractivity contribution in [3.05, 3.63) is 18.0 Å². The highest BCUT2D eigenvalue weighted by Gasteiger charge is 2.22. The zero-order valence-corrected chi connectivity index (χ0v) is 8.72.